The summed E-state index contributed by atoms with van der Waals surface area (Å²) in [5.41, 5.74) is 4.18. The van der Waals surface area contributed by atoms with Crippen LogP contribution in [0.2, 0.25) is 0 Å². The summed E-state index contributed by atoms with van der Waals surface area (Å²) in [6, 6.07) is 6.50. The van der Waals surface area contributed by atoms with Crippen molar-refractivity contribution >= 4 is 6.29 Å². The van der Waals surface area contributed by atoms with Crippen molar-refractivity contribution in [1.29, 1.82) is 0 Å². The molecule has 22 heavy (non-hydrogen) atoms. The molecule has 0 spiro atoms. The SMILES string of the molecule is CCCCOC(C=O)c1ccc2c(c1)C(C)(C)CCC2(C)C. The second-order valence-corrected chi connectivity index (χ2v) is 7.85. The lowest BCUT2D eigenvalue weighted by molar-refractivity contribution is -0.118. The zero-order chi connectivity index (χ0) is 16.4. The highest BCUT2D eigenvalue weighted by Crippen LogP contribution is 2.46. The Balaban J connectivity index is 2.34. The van der Waals surface area contributed by atoms with Crippen molar-refractivity contribution in [2.24, 2.45) is 0 Å². The monoisotopic (exact) mass is 302 g/mol. The fourth-order valence-electron chi connectivity index (χ4n) is 3.35. The van der Waals surface area contributed by atoms with Crippen molar-refractivity contribution in [2.75, 3.05) is 6.61 Å². The summed E-state index contributed by atoms with van der Waals surface area (Å²) in [5.74, 6) is 0. The van der Waals surface area contributed by atoms with E-state index in [1.807, 2.05) is 0 Å². The molecule has 122 valence electrons. The number of hydrogen-bond donors (Lipinski definition) is 0. The first-order valence-corrected chi connectivity index (χ1v) is 8.53. The van der Waals surface area contributed by atoms with Crippen molar-refractivity contribution in [3.63, 3.8) is 0 Å². The molecule has 0 radical (unpaired) electrons. The molecule has 0 N–H and O–H groups in total. The molecule has 0 bridgehead atoms. The van der Waals surface area contributed by atoms with E-state index in [0.29, 0.717) is 6.61 Å². The van der Waals surface area contributed by atoms with Gasteiger partial charge in [0.25, 0.3) is 0 Å². The van der Waals surface area contributed by atoms with Crippen molar-refractivity contribution in [1.82, 2.24) is 0 Å². The van der Waals surface area contributed by atoms with E-state index in [1.165, 1.54) is 24.0 Å². The maximum atomic E-state index is 11.4. The number of fused-ring (bicyclic) bond motifs is 1. The molecule has 1 aliphatic rings. The maximum absolute atomic E-state index is 11.4. The first kappa shape index (κ1) is 17.2. The van der Waals surface area contributed by atoms with Crippen LogP contribution in [0.4, 0.5) is 0 Å². The minimum Gasteiger partial charge on any atom is -0.366 e. The van der Waals surface area contributed by atoms with Gasteiger partial charge in [-0.3, -0.25) is 0 Å². The Labute approximate surface area is 135 Å². The number of unbranched alkanes of at least 4 members (excludes halogenated alkanes) is 1. The van der Waals surface area contributed by atoms with Crippen molar-refractivity contribution in [2.45, 2.75) is 77.2 Å². The minimum atomic E-state index is -0.433. The molecule has 0 fully saturated rings. The lowest BCUT2D eigenvalue weighted by Gasteiger charge is -2.42. The average Bonchev–Trinajstić information content (AvgIpc) is 2.48. The summed E-state index contributed by atoms with van der Waals surface area (Å²) in [6.07, 6.45) is 4.95. The molecule has 0 saturated carbocycles. The largest absolute Gasteiger partial charge is 0.366 e. The fraction of sp³-hybridized carbons (Fsp3) is 0.650. The minimum absolute atomic E-state index is 0.164. The van der Waals surface area contributed by atoms with Crippen LogP contribution in [0.25, 0.3) is 0 Å². The molecule has 0 heterocycles. The van der Waals surface area contributed by atoms with Gasteiger partial charge in [-0.05, 0) is 46.8 Å². The molecule has 0 aliphatic heterocycles. The van der Waals surface area contributed by atoms with E-state index in [0.717, 1.165) is 24.7 Å². The average molecular weight is 302 g/mol. The van der Waals surface area contributed by atoms with Crippen molar-refractivity contribution in [3.8, 4) is 0 Å². The van der Waals surface area contributed by atoms with Gasteiger partial charge in [-0.15, -0.1) is 0 Å². The normalized spacial score (nSPS) is 20.2. The lowest BCUT2D eigenvalue weighted by atomic mass is 9.63. The Morgan fingerprint density at radius 2 is 1.77 bits per heavy atom. The van der Waals surface area contributed by atoms with Crippen molar-refractivity contribution < 1.29 is 9.53 Å². The summed E-state index contributed by atoms with van der Waals surface area (Å²) < 4.78 is 5.76. The third kappa shape index (κ3) is 3.43. The van der Waals surface area contributed by atoms with E-state index in [-0.39, 0.29) is 10.8 Å². The molecular weight excluding hydrogens is 272 g/mol. The van der Waals surface area contributed by atoms with Gasteiger partial charge in [-0.25, -0.2) is 0 Å². The number of carbonyl (C=O) groups is 1. The number of rotatable bonds is 6. The zero-order valence-electron chi connectivity index (χ0n) is 14.7. The maximum Gasteiger partial charge on any atom is 0.153 e. The fourth-order valence-corrected chi connectivity index (χ4v) is 3.35. The van der Waals surface area contributed by atoms with Crippen LogP contribution in [0.1, 0.15) is 83.1 Å². The topological polar surface area (TPSA) is 26.3 Å². The van der Waals surface area contributed by atoms with Gasteiger partial charge >= 0.3 is 0 Å². The third-order valence-electron chi connectivity index (χ3n) is 5.12. The van der Waals surface area contributed by atoms with Crippen LogP contribution >= 0.6 is 0 Å². The van der Waals surface area contributed by atoms with Gasteiger partial charge in [0.15, 0.2) is 6.29 Å². The van der Waals surface area contributed by atoms with Crippen LogP contribution in [0, 0.1) is 0 Å². The first-order chi connectivity index (χ1) is 10.3. The van der Waals surface area contributed by atoms with Gasteiger partial charge in [0.1, 0.15) is 6.10 Å². The Kier molecular flexibility index (Phi) is 5.11. The number of ether oxygens (including phenoxy) is 1. The number of aldehydes is 1. The number of benzene rings is 1. The van der Waals surface area contributed by atoms with Crippen LogP contribution in [-0.2, 0) is 20.4 Å². The molecule has 0 amide bonds. The molecule has 1 aliphatic carbocycles. The van der Waals surface area contributed by atoms with Crippen LogP contribution in [0.3, 0.4) is 0 Å². The van der Waals surface area contributed by atoms with Crippen LogP contribution in [0.15, 0.2) is 18.2 Å². The molecule has 2 nitrogen and oxygen atoms in total. The Bertz CT molecular complexity index is 529. The molecule has 2 rings (SSSR count). The highest BCUT2D eigenvalue weighted by atomic mass is 16.5. The Hall–Kier alpha value is -1.15. The number of carbonyl (C=O) groups excluding carboxylic acids is 1. The van der Waals surface area contributed by atoms with Crippen LogP contribution in [-0.4, -0.2) is 12.9 Å². The molecule has 0 aromatic heterocycles. The van der Waals surface area contributed by atoms with Crippen LogP contribution in [0.5, 0.6) is 0 Å². The predicted octanol–water partition coefficient (Wildman–Crippen LogP) is 5.09. The van der Waals surface area contributed by atoms with E-state index in [1.54, 1.807) is 0 Å². The highest BCUT2D eigenvalue weighted by molar-refractivity contribution is 5.61. The van der Waals surface area contributed by atoms with Gasteiger partial charge in [0.2, 0.25) is 0 Å². The quantitative estimate of drug-likeness (QED) is 0.540. The van der Waals surface area contributed by atoms with E-state index >= 15 is 0 Å². The van der Waals surface area contributed by atoms with Crippen molar-refractivity contribution in [3.05, 3.63) is 34.9 Å². The summed E-state index contributed by atoms with van der Waals surface area (Å²) in [7, 11) is 0. The van der Waals surface area contributed by atoms with Gasteiger partial charge in [0.05, 0.1) is 0 Å². The Morgan fingerprint density at radius 1 is 1.14 bits per heavy atom. The second-order valence-electron chi connectivity index (χ2n) is 7.85. The molecule has 2 heteroatoms. The lowest BCUT2D eigenvalue weighted by Crippen LogP contribution is -2.34. The molecule has 1 unspecified atom stereocenters. The summed E-state index contributed by atoms with van der Waals surface area (Å²) >= 11 is 0. The summed E-state index contributed by atoms with van der Waals surface area (Å²) in [4.78, 5) is 11.4. The summed E-state index contributed by atoms with van der Waals surface area (Å²) in [5, 5.41) is 0. The van der Waals surface area contributed by atoms with Gasteiger partial charge in [-0.1, -0.05) is 59.2 Å². The zero-order valence-corrected chi connectivity index (χ0v) is 14.7. The number of hydrogen-bond acceptors (Lipinski definition) is 2. The molecule has 0 saturated heterocycles. The van der Waals surface area contributed by atoms with Crippen LogP contribution < -0.4 is 0 Å². The van der Waals surface area contributed by atoms with E-state index in [4.69, 9.17) is 4.74 Å². The molecule has 1 aromatic rings. The summed E-state index contributed by atoms with van der Waals surface area (Å²) in [6.45, 7) is 12.0. The standard InChI is InChI=1S/C20H30O2/c1-6-7-12-22-18(14-21)15-8-9-16-17(13-15)20(4,5)11-10-19(16,2)3/h8-9,13-14,18H,6-7,10-12H2,1-5H3. The van der Waals surface area contributed by atoms with E-state index in [2.05, 4.69) is 52.8 Å². The molecule has 1 atom stereocenters. The van der Waals surface area contributed by atoms with Gasteiger partial charge in [0, 0.05) is 6.61 Å². The highest BCUT2D eigenvalue weighted by Gasteiger charge is 2.37. The predicted molar refractivity (Wildman–Crippen MR) is 91.4 cm³/mol. The first-order valence-electron chi connectivity index (χ1n) is 8.53. The third-order valence-corrected chi connectivity index (χ3v) is 5.12. The van der Waals surface area contributed by atoms with Gasteiger partial charge < -0.3 is 9.53 Å². The van der Waals surface area contributed by atoms with E-state index < -0.39 is 6.10 Å². The van der Waals surface area contributed by atoms with Gasteiger partial charge in [-0.2, -0.15) is 0 Å². The second kappa shape index (κ2) is 6.54. The Morgan fingerprint density at radius 3 is 2.36 bits per heavy atom. The molecule has 1 aromatic carbocycles. The van der Waals surface area contributed by atoms with E-state index in [9.17, 15) is 4.79 Å². The molecular formula is C20H30O2. The smallest absolute Gasteiger partial charge is 0.153 e.